The molecular formula is C16H17NO. The zero-order valence-electron chi connectivity index (χ0n) is 10.7. The molecule has 2 aromatic carbocycles. The van der Waals surface area contributed by atoms with E-state index >= 15 is 0 Å². The first-order chi connectivity index (χ1) is 8.69. The second kappa shape index (κ2) is 5.05. The molecule has 0 saturated carbocycles. The van der Waals surface area contributed by atoms with E-state index in [0.717, 1.165) is 11.1 Å². The Labute approximate surface area is 108 Å². The number of carbonyl (C=O) groups is 1. The summed E-state index contributed by atoms with van der Waals surface area (Å²) in [6, 6.07) is 19.7. The third kappa shape index (κ3) is 2.02. The van der Waals surface area contributed by atoms with Crippen molar-refractivity contribution in [2.45, 2.75) is 12.3 Å². The quantitative estimate of drug-likeness (QED) is 0.876. The van der Waals surface area contributed by atoms with Gasteiger partial charge >= 0.3 is 0 Å². The molecule has 92 valence electrons. The van der Waals surface area contributed by atoms with E-state index in [1.807, 2.05) is 67.6 Å². The van der Waals surface area contributed by atoms with E-state index < -0.39 is 5.41 Å². The van der Waals surface area contributed by atoms with Crippen LogP contribution in [-0.4, -0.2) is 13.0 Å². The highest BCUT2D eigenvalue weighted by Gasteiger charge is 2.35. The van der Waals surface area contributed by atoms with Gasteiger partial charge in [0, 0.05) is 7.05 Å². The SMILES string of the molecule is CNC(=O)C(C)(c1ccccc1)c1ccccc1. The van der Waals surface area contributed by atoms with Crippen LogP contribution in [0.5, 0.6) is 0 Å². The van der Waals surface area contributed by atoms with E-state index in [0.29, 0.717) is 0 Å². The Hall–Kier alpha value is -2.09. The highest BCUT2D eigenvalue weighted by Crippen LogP contribution is 2.31. The molecule has 0 aliphatic carbocycles. The third-order valence-electron chi connectivity index (χ3n) is 3.38. The standard InChI is InChI=1S/C16H17NO/c1-16(15(18)17-2,13-9-5-3-6-10-13)14-11-7-4-8-12-14/h3-12H,1-2H3,(H,17,18). The predicted octanol–water partition coefficient (Wildman–Crippen LogP) is 2.74. The Kier molecular flexibility index (Phi) is 3.47. The topological polar surface area (TPSA) is 29.1 Å². The Morgan fingerprint density at radius 2 is 1.28 bits per heavy atom. The van der Waals surface area contributed by atoms with Crippen LogP contribution < -0.4 is 5.32 Å². The molecule has 1 amide bonds. The van der Waals surface area contributed by atoms with E-state index in [1.165, 1.54) is 0 Å². The average Bonchev–Trinajstić information content (AvgIpc) is 2.47. The van der Waals surface area contributed by atoms with Gasteiger partial charge in [-0.1, -0.05) is 60.7 Å². The van der Waals surface area contributed by atoms with Gasteiger partial charge in [0.25, 0.3) is 0 Å². The molecule has 0 aromatic heterocycles. The van der Waals surface area contributed by atoms with Crippen LogP contribution in [0.3, 0.4) is 0 Å². The van der Waals surface area contributed by atoms with Crippen molar-refractivity contribution >= 4 is 5.91 Å². The molecule has 2 heteroatoms. The lowest BCUT2D eigenvalue weighted by Crippen LogP contribution is -2.41. The summed E-state index contributed by atoms with van der Waals surface area (Å²) in [6.07, 6.45) is 0. The Morgan fingerprint density at radius 1 is 0.889 bits per heavy atom. The molecule has 0 radical (unpaired) electrons. The second-order valence-corrected chi connectivity index (χ2v) is 4.44. The van der Waals surface area contributed by atoms with Gasteiger partial charge < -0.3 is 5.32 Å². The van der Waals surface area contributed by atoms with E-state index in [1.54, 1.807) is 7.05 Å². The van der Waals surface area contributed by atoms with E-state index in [2.05, 4.69) is 5.32 Å². The maximum atomic E-state index is 12.3. The summed E-state index contributed by atoms with van der Waals surface area (Å²) >= 11 is 0. The van der Waals surface area contributed by atoms with Crippen LogP contribution in [0.15, 0.2) is 60.7 Å². The van der Waals surface area contributed by atoms with Gasteiger partial charge in [-0.3, -0.25) is 4.79 Å². The molecule has 0 unspecified atom stereocenters. The second-order valence-electron chi connectivity index (χ2n) is 4.44. The number of amides is 1. The smallest absolute Gasteiger partial charge is 0.234 e. The van der Waals surface area contributed by atoms with Crippen LogP contribution in [0.2, 0.25) is 0 Å². The molecule has 0 fully saturated rings. The normalized spacial score (nSPS) is 11.0. The molecule has 0 spiro atoms. The van der Waals surface area contributed by atoms with Crippen molar-refractivity contribution in [2.75, 3.05) is 7.05 Å². The minimum Gasteiger partial charge on any atom is -0.358 e. The van der Waals surface area contributed by atoms with Crippen LogP contribution in [0.25, 0.3) is 0 Å². The first kappa shape index (κ1) is 12.4. The van der Waals surface area contributed by atoms with Crippen molar-refractivity contribution in [2.24, 2.45) is 0 Å². The van der Waals surface area contributed by atoms with Crippen molar-refractivity contribution in [3.05, 3.63) is 71.8 Å². The number of rotatable bonds is 3. The zero-order valence-corrected chi connectivity index (χ0v) is 10.7. The highest BCUT2D eigenvalue weighted by molar-refractivity contribution is 5.91. The van der Waals surface area contributed by atoms with Gasteiger partial charge in [0.05, 0.1) is 5.41 Å². The van der Waals surface area contributed by atoms with E-state index in [4.69, 9.17) is 0 Å². The minimum atomic E-state index is -0.655. The largest absolute Gasteiger partial charge is 0.358 e. The summed E-state index contributed by atoms with van der Waals surface area (Å²) in [6.45, 7) is 1.95. The van der Waals surface area contributed by atoms with Crippen LogP contribution >= 0.6 is 0 Å². The minimum absolute atomic E-state index is 0.0000926. The van der Waals surface area contributed by atoms with Crippen LogP contribution in [0.4, 0.5) is 0 Å². The highest BCUT2D eigenvalue weighted by atomic mass is 16.2. The van der Waals surface area contributed by atoms with Crippen molar-refractivity contribution in [3.8, 4) is 0 Å². The molecule has 0 saturated heterocycles. The lowest BCUT2D eigenvalue weighted by Gasteiger charge is -2.28. The van der Waals surface area contributed by atoms with Gasteiger partial charge in [0.1, 0.15) is 0 Å². The fourth-order valence-corrected chi connectivity index (χ4v) is 2.22. The van der Waals surface area contributed by atoms with Crippen molar-refractivity contribution in [1.82, 2.24) is 5.32 Å². The predicted molar refractivity (Wildman–Crippen MR) is 73.4 cm³/mol. The molecule has 0 aliphatic rings. The number of benzene rings is 2. The lowest BCUT2D eigenvalue weighted by atomic mass is 9.75. The van der Waals surface area contributed by atoms with Crippen LogP contribution in [-0.2, 0) is 10.2 Å². The first-order valence-corrected chi connectivity index (χ1v) is 6.03. The number of nitrogens with one attached hydrogen (secondary N) is 1. The molecule has 0 bridgehead atoms. The number of likely N-dealkylation sites (N-methyl/N-ethyl adjacent to an activating group) is 1. The molecule has 2 nitrogen and oxygen atoms in total. The first-order valence-electron chi connectivity index (χ1n) is 6.03. The number of carbonyl (C=O) groups excluding carboxylic acids is 1. The summed E-state index contributed by atoms with van der Waals surface area (Å²) < 4.78 is 0. The number of hydrogen-bond donors (Lipinski definition) is 1. The third-order valence-corrected chi connectivity index (χ3v) is 3.38. The molecule has 2 rings (SSSR count). The lowest BCUT2D eigenvalue weighted by molar-refractivity contribution is -0.124. The molecule has 1 N–H and O–H groups in total. The molecule has 18 heavy (non-hydrogen) atoms. The fourth-order valence-electron chi connectivity index (χ4n) is 2.22. The van der Waals surface area contributed by atoms with Crippen molar-refractivity contribution in [1.29, 1.82) is 0 Å². The maximum absolute atomic E-state index is 12.3. The van der Waals surface area contributed by atoms with Crippen LogP contribution in [0, 0.1) is 0 Å². The van der Waals surface area contributed by atoms with E-state index in [9.17, 15) is 4.79 Å². The Balaban J connectivity index is 2.59. The molecule has 0 aliphatic heterocycles. The molecule has 0 heterocycles. The Morgan fingerprint density at radius 3 is 1.61 bits per heavy atom. The summed E-state index contributed by atoms with van der Waals surface area (Å²) in [5, 5.41) is 2.76. The fraction of sp³-hybridized carbons (Fsp3) is 0.188. The average molecular weight is 239 g/mol. The molecule has 0 atom stereocenters. The number of hydrogen-bond acceptors (Lipinski definition) is 1. The monoisotopic (exact) mass is 239 g/mol. The summed E-state index contributed by atoms with van der Waals surface area (Å²) in [7, 11) is 1.67. The Bertz CT molecular complexity index is 480. The van der Waals surface area contributed by atoms with Crippen molar-refractivity contribution in [3.63, 3.8) is 0 Å². The summed E-state index contributed by atoms with van der Waals surface area (Å²) in [4.78, 5) is 12.3. The summed E-state index contributed by atoms with van der Waals surface area (Å²) in [5.74, 6) is -0.0000926. The zero-order chi connectivity index (χ0) is 13.0. The van der Waals surface area contributed by atoms with Gasteiger partial charge in [-0.05, 0) is 18.1 Å². The molecule has 2 aromatic rings. The van der Waals surface area contributed by atoms with Gasteiger partial charge in [0.15, 0.2) is 0 Å². The van der Waals surface area contributed by atoms with Crippen molar-refractivity contribution < 1.29 is 4.79 Å². The van der Waals surface area contributed by atoms with Gasteiger partial charge in [-0.15, -0.1) is 0 Å². The van der Waals surface area contributed by atoms with Gasteiger partial charge in [-0.25, -0.2) is 0 Å². The van der Waals surface area contributed by atoms with Gasteiger partial charge in [-0.2, -0.15) is 0 Å². The van der Waals surface area contributed by atoms with Gasteiger partial charge in [0.2, 0.25) is 5.91 Å². The van der Waals surface area contributed by atoms with E-state index in [-0.39, 0.29) is 5.91 Å². The van der Waals surface area contributed by atoms with Crippen LogP contribution in [0.1, 0.15) is 18.1 Å². The summed E-state index contributed by atoms with van der Waals surface area (Å²) in [5.41, 5.74) is 1.34. The molecular weight excluding hydrogens is 222 g/mol. The maximum Gasteiger partial charge on any atom is 0.234 e.